The molecule has 0 unspecified atom stereocenters. The number of dihydropyridines is 1. The summed E-state index contributed by atoms with van der Waals surface area (Å²) >= 11 is 0. The number of carbonyl (C=O) groups is 2. The van der Waals surface area contributed by atoms with Gasteiger partial charge in [-0.25, -0.2) is 4.79 Å². The van der Waals surface area contributed by atoms with E-state index in [1.807, 2.05) is 73.7 Å². The molecule has 1 aliphatic heterocycles. The second-order valence-corrected chi connectivity index (χ2v) is 7.55. The summed E-state index contributed by atoms with van der Waals surface area (Å²) in [6.45, 7) is 3.94. The van der Waals surface area contributed by atoms with E-state index in [0.29, 0.717) is 16.7 Å². The van der Waals surface area contributed by atoms with Crippen molar-refractivity contribution in [2.24, 2.45) is 0 Å². The molecular formula is C26H21NO3. The lowest BCUT2D eigenvalue weighted by molar-refractivity contribution is -0.138. The van der Waals surface area contributed by atoms with Crippen molar-refractivity contribution in [1.82, 2.24) is 5.32 Å². The molecule has 0 saturated heterocycles. The number of ketones is 1. The fraction of sp³-hybridized carbons (Fsp3) is 0.154. The van der Waals surface area contributed by atoms with Gasteiger partial charge in [-0.1, -0.05) is 66.7 Å². The van der Waals surface area contributed by atoms with Crippen LogP contribution in [0.25, 0.3) is 16.5 Å². The van der Waals surface area contributed by atoms with Crippen LogP contribution in [0.4, 0.5) is 0 Å². The number of hydrogen-bond acceptors (Lipinski definition) is 4. The molecule has 1 heterocycles. The highest BCUT2D eigenvalue weighted by Gasteiger charge is 2.43. The molecular weight excluding hydrogens is 374 g/mol. The van der Waals surface area contributed by atoms with E-state index in [4.69, 9.17) is 4.74 Å². The highest BCUT2D eigenvalue weighted by Crippen LogP contribution is 2.48. The van der Waals surface area contributed by atoms with E-state index in [1.54, 1.807) is 6.92 Å². The van der Waals surface area contributed by atoms with Crippen LogP contribution in [-0.2, 0) is 9.53 Å². The lowest BCUT2D eigenvalue weighted by atomic mass is 9.78. The molecule has 1 N–H and O–H groups in total. The standard InChI is InChI=1S/C26H21NO3/c1-3-30-26(29)21-15(2)27-24-19-12-6-7-13-20(19)25(28)23(24)22(21)18-14-8-10-16-9-4-5-11-17(16)18/h4-14,22,27H,3H2,1-2H3/t22-/m0/s1. The maximum Gasteiger partial charge on any atom is 0.336 e. The van der Waals surface area contributed by atoms with Gasteiger partial charge < -0.3 is 10.1 Å². The number of esters is 1. The lowest BCUT2D eigenvalue weighted by Gasteiger charge is -2.30. The molecule has 4 heteroatoms. The number of carbonyl (C=O) groups excluding carboxylic acids is 2. The Bertz CT molecular complexity index is 1280. The zero-order valence-electron chi connectivity index (χ0n) is 16.9. The molecule has 2 aliphatic rings. The molecule has 0 bridgehead atoms. The molecule has 0 fully saturated rings. The number of ether oxygens (including phenoxy) is 1. The van der Waals surface area contributed by atoms with E-state index < -0.39 is 11.9 Å². The molecule has 0 amide bonds. The predicted octanol–water partition coefficient (Wildman–Crippen LogP) is 4.97. The van der Waals surface area contributed by atoms with Crippen LogP contribution >= 0.6 is 0 Å². The first-order chi connectivity index (χ1) is 14.6. The van der Waals surface area contributed by atoms with E-state index in [9.17, 15) is 9.59 Å². The molecule has 5 rings (SSSR count). The minimum absolute atomic E-state index is 0.0414. The molecule has 0 radical (unpaired) electrons. The van der Waals surface area contributed by atoms with E-state index in [-0.39, 0.29) is 12.4 Å². The molecule has 1 atom stereocenters. The Kier molecular flexibility index (Phi) is 4.28. The van der Waals surface area contributed by atoms with E-state index in [1.165, 1.54) is 0 Å². The Labute approximate surface area is 174 Å². The SMILES string of the molecule is CCOC(=O)C1=C(C)NC2=C(C(=O)c3ccccc32)[C@H]1c1cccc2ccccc12. The maximum absolute atomic E-state index is 13.5. The van der Waals surface area contributed by atoms with Gasteiger partial charge in [-0.2, -0.15) is 0 Å². The first-order valence-electron chi connectivity index (χ1n) is 10.1. The summed E-state index contributed by atoms with van der Waals surface area (Å²) in [6.07, 6.45) is 0. The number of rotatable bonds is 3. The van der Waals surface area contributed by atoms with Crippen LogP contribution in [0.1, 0.15) is 41.3 Å². The summed E-state index contributed by atoms with van der Waals surface area (Å²) in [4.78, 5) is 26.6. The monoisotopic (exact) mass is 395 g/mol. The lowest BCUT2D eigenvalue weighted by Crippen LogP contribution is -2.29. The fourth-order valence-corrected chi connectivity index (χ4v) is 4.62. The molecule has 3 aromatic carbocycles. The highest BCUT2D eigenvalue weighted by molar-refractivity contribution is 6.23. The molecule has 3 aromatic rings. The molecule has 0 aromatic heterocycles. The van der Waals surface area contributed by atoms with Crippen molar-refractivity contribution in [2.75, 3.05) is 6.61 Å². The van der Waals surface area contributed by atoms with Gasteiger partial charge in [0.25, 0.3) is 0 Å². The average Bonchev–Trinajstić information content (AvgIpc) is 3.04. The Morgan fingerprint density at radius 3 is 2.47 bits per heavy atom. The first-order valence-corrected chi connectivity index (χ1v) is 10.1. The zero-order valence-corrected chi connectivity index (χ0v) is 16.9. The van der Waals surface area contributed by atoms with Gasteiger partial charge in [-0.15, -0.1) is 0 Å². The Morgan fingerprint density at radius 1 is 0.967 bits per heavy atom. The predicted molar refractivity (Wildman–Crippen MR) is 117 cm³/mol. The summed E-state index contributed by atoms with van der Waals surface area (Å²) in [5, 5.41) is 5.43. The van der Waals surface area contributed by atoms with Crippen molar-refractivity contribution in [1.29, 1.82) is 0 Å². The summed E-state index contributed by atoms with van der Waals surface area (Å²) in [7, 11) is 0. The molecule has 0 spiro atoms. The van der Waals surface area contributed by atoms with Crippen molar-refractivity contribution in [3.63, 3.8) is 0 Å². The minimum atomic E-state index is -0.494. The van der Waals surface area contributed by atoms with E-state index in [0.717, 1.165) is 33.3 Å². The second kappa shape index (κ2) is 6.99. The Balaban J connectivity index is 1.80. The van der Waals surface area contributed by atoms with E-state index in [2.05, 4.69) is 5.32 Å². The summed E-state index contributed by atoms with van der Waals surface area (Å²) in [6, 6.07) is 21.7. The third kappa shape index (κ3) is 2.61. The van der Waals surface area contributed by atoms with Gasteiger partial charge >= 0.3 is 5.97 Å². The molecule has 30 heavy (non-hydrogen) atoms. The van der Waals surface area contributed by atoms with Crippen molar-refractivity contribution >= 4 is 28.2 Å². The quantitative estimate of drug-likeness (QED) is 0.636. The van der Waals surface area contributed by atoms with Crippen LogP contribution in [0.15, 0.2) is 83.6 Å². The van der Waals surface area contributed by atoms with Crippen LogP contribution in [0.5, 0.6) is 0 Å². The van der Waals surface area contributed by atoms with Crippen molar-refractivity contribution in [3.05, 3.63) is 100 Å². The first kappa shape index (κ1) is 18.4. The number of allylic oxidation sites excluding steroid dienone is 2. The normalized spacial score (nSPS) is 17.7. The fourth-order valence-electron chi connectivity index (χ4n) is 4.62. The topological polar surface area (TPSA) is 55.4 Å². The van der Waals surface area contributed by atoms with Crippen molar-refractivity contribution < 1.29 is 14.3 Å². The van der Waals surface area contributed by atoms with Crippen LogP contribution in [0.2, 0.25) is 0 Å². The van der Waals surface area contributed by atoms with Crippen LogP contribution in [0.3, 0.4) is 0 Å². The number of benzene rings is 3. The average molecular weight is 395 g/mol. The Morgan fingerprint density at radius 2 is 1.67 bits per heavy atom. The molecule has 148 valence electrons. The summed E-state index contributed by atoms with van der Waals surface area (Å²) in [5.74, 6) is -0.928. The van der Waals surface area contributed by atoms with Gasteiger partial charge in [-0.05, 0) is 30.2 Å². The summed E-state index contributed by atoms with van der Waals surface area (Å²) in [5.41, 5.74) is 5.09. The number of hydrogen-bond donors (Lipinski definition) is 1. The van der Waals surface area contributed by atoms with Gasteiger partial charge in [0.05, 0.1) is 17.9 Å². The number of Topliss-reactive ketones (excluding diaryl/α,β-unsaturated/α-hetero) is 1. The van der Waals surface area contributed by atoms with Gasteiger partial charge in [0.15, 0.2) is 5.78 Å². The Hall–Kier alpha value is -3.66. The largest absolute Gasteiger partial charge is 0.463 e. The second-order valence-electron chi connectivity index (χ2n) is 7.55. The van der Waals surface area contributed by atoms with Gasteiger partial charge in [0, 0.05) is 28.3 Å². The molecule has 1 aliphatic carbocycles. The van der Waals surface area contributed by atoms with Gasteiger partial charge in [0.2, 0.25) is 0 Å². The van der Waals surface area contributed by atoms with Crippen LogP contribution in [0, 0.1) is 0 Å². The summed E-state index contributed by atoms with van der Waals surface area (Å²) < 4.78 is 5.41. The van der Waals surface area contributed by atoms with Crippen LogP contribution < -0.4 is 5.32 Å². The number of fused-ring (bicyclic) bond motifs is 3. The van der Waals surface area contributed by atoms with Crippen molar-refractivity contribution in [2.45, 2.75) is 19.8 Å². The molecule has 4 nitrogen and oxygen atoms in total. The van der Waals surface area contributed by atoms with E-state index >= 15 is 0 Å². The van der Waals surface area contributed by atoms with Crippen LogP contribution in [-0.4, -0.2) is 18.4 Å². The maximum atomic E-state index is 13.5. The van der Waals surface area contributed by atoms with Gasteiger partial charge in [-0.3, -0.25) is 4.79 Å². The smallest absolute Gasteiger partial charge is 0.336 e. The highest BCUT2D eigenvalue weighted by atomic mass is 16.5. The van der Waals surface area contributed by atoms with Crippen molar-refractivity contribution in [3.8, 4) is 0 Å². The zero-order chi connectivity index (χ0) is 20.8. The minimum Gasteiger partial charge on any atom is -0.463 e. The molecule has 0 saturated carbocycles. The number of nitrogens with one attached hydrogen (secondary N) is 1. The third-order valence-electron chi connectivity index (χ3n) is 5.88. The third-order valence-corrected chi connectivity index (χ3v) is 5.88. The van der Waals surface area contributed by atoms with Gasteiger partial charge in [0.1, 0.15) is 0 Å².